The molecule has 13 heavy (non-hydrogen) atoms. The van der Waals surface area contributed by atoms with Crippen LogP contribution < -0.4 is 0 Å². The number of allylic oxidation sites excluding steroid dienone is 3. The van der Waals surface area contributed by atoms with Gasteiger partial charge in [-0.2, -0.15) is 12.6 Å². The third kappa shape index (κ3) is 3.60. The Morgan fingerprint density at radius 2 is 1.69 bits per heavy atom. The van der Waals surface area contributed by atoms with Crippen LogP contribution in [-0.2, 0) is 0 Å². The lowest BCUT2D eigenvalue weighted by Gasteiger charge is -2.28. The zero-order valence-electron chi connectivity index (χ0n) is 9.04. The molecule has 0 amide bonds. The van der Waals surface area contributed by atoms with Crippen LogP contribution in [0.25, 0.3) is 0 Å². The summed E-state index contributed by atoms with van der Waals surface area (Å²) in [5.41, 5.74) is 0.452. The molecule has 74 valence electrons. The van der Waals surface area contributed by atoms with E-state index in [1.165, 1.54) is 0 Å². The van der Waals surface area contributed by atoms with Gasteiger partial charge in [-0.1, -0.05) is 52.0 Å². The second-order valence-electron chi connectivity index (χ2n) is 5.27. The maximum absolute atomic E-state index is 4.55. The summed E-state index contributed by atoms with van der Waals surface area (Å²) < 4.78 is 0. The van der Waals surface area contributed by atoms with Crippen LogP contribution in [0.1, 0.15) is 34.1 Å². The Balaban J connectivity index is 2.91. The van der Waals surface area contributed by atoms with Crippen molar-refractivity contribution in [1.82, 2.24) is 0 Å². The molecule has 0 spiro atoms. The van der Waals surface area contributed by atoms with E-state index in [-0.39, 0.29) is 10.8 Å². The summed E-state index contributed by atoms with van der Waals surface area (Å²) in [5, 5.41) is 0.388. The van der Waals surface area contributed by atoms with Gasteiger partial charge in [-0.3, -0.25) is 0 Å². The van der Waals surface area contributed by atoms with Crippen molar-refractivity contribution < 1.29 is 0 Å². The van der Waals surface area contributed by atoms with Gasteiger partial charge >= 0.3 is 0 Å². The third-order valence-electron chi connectivity index (χ3n) is 2.45. The molecule has 1 aliphatic rings. The van der Waals surface area contributed by atoms with Crippen molar-refractivity contribution >= 4 is 12.6 Å². The lowest BCUT2D eigenvalue weighted by atomic mass is 9.80. The molecule has 0 aromatic heterocycles. The average molecular weight is 196 g/mol. The van der Waals surface area contributed by atoms with Crippen LogP contribution in [0.2, 0.25) is 0 Å². The predicted octanol–water partition coefficient (Wildman–Crippen LogP) is 3.85. The molecule has 0 aromatic carbocycles. The maximum atomic E-state index is 4.55. The van der Waals surface area contributed by atoms with Crippen molar-refractivity contribution in [3.63, 3.8) is 0 Å². The van der Waals surface area contributed by atoms with Gasteiger partial charge in [-0.25, -0.2) is 0 Å². The summed E-state index contributed by atoms with van der Waals surface area (Å²) in [4.78, 5) is 0. The fourth-order valence-electron chi connectivity index (χ4n) is 1.53. The van der Waals surface area contributed by atoms with Crippen LogP contribution in [0.3, 0.4) is 0 Å². The number of rotatable bonds is 0. The molecule has 0 saturated carbocycles. The molecule has 0 radical (unpaired) electrons. The van der Waals surface area contributed by atoms with Crippen molar-refractivity contribution in [3.8, 4) is 0 Å². The van der Waals surface area contributed by atoms with Gasteiger partial charge in [-0.15, -0.1) is 0 Å². The summed E-state index contributed by atoms with van der Waals surface area (Å²) in [7, 11) is 0. The van der Waals surface area contributed by atoms with Gasteiger partial charge in [0.1, 0.15) is 0 Å². The number of thiol groups is 1. The minimum absolute atomic E-state index is 0.179. The van der Waals surface area contributed by atoms with E-state index in [1.54, 1.807) is 0 Å². The molecule has 0 fully saturated rings. The van der Waals surface area contributed by atoms with E-state index in [2.05, 4.69) is 64.6 Å². The molecule has 1 heteroatoms. The molecular formula is C12H20S. The fraction of sp³-hybridized carbons (Fsp3) is 0.667. The van der Waals surface area contributed by atoms with Crippen LogP contribution in [0.4, 0.5) is 0 Å². The van der Waals surface area contributed by atoms with Crippen molar-refractivity contribution in [2.24, 2.45) is 10.8 Å². The highest BCUT2D eigenvalue weighted by atomic mass is 32.1. The van der Waals surface area contributed by atoms with E-state index in [1.807, 2.05) is 0 Å². The van der Waals surface area contributed by atoms with Gasteiger partial charge in [0.2, 0.25) is 0 Å². The van der Waals surface area contributed by atoms with Gasteiger partial charge in [0.05, 0.1) is 0 Å². The molecule has 1 unspecified atom stereocenters. The van der Waals surface area contributed by atoms with Crippen molar-refractivity contribution in [1.29, 1.82) is 0 Å². The van der Waals surface area contributed by atoms with Crippen LogP contribution >= 0.6 is 12.6 Å². The Labute approximate surface area is 87.5 Å². The van der Waals surface area contributed by atoms with E-state index >= 15 is 0 Å². The first-order valence-corrected chi connectivity index (χ1v) is 5.40. The molecule has 1 aliphatic carbocycles. The molecule has 0 N–H and O–H groups in total. The number of hydrogen-bond acceptors (Lipinski definition) is 1. The zero-order chi connectivity index (χ0) is 10.1. The first-order valence-electron chi connectivity index (χ1n) is 4.89. The Bertz CT molecular complexity index is 234. The van der Waals surface area contributed by atoms with Crippen LogP contribution in [-0.4, -0.2) is 5.25 Å². The lowest BCUT2D eigenvalue weighted by molar-refractivity contribution is 0.434. The molecular weight excluding hydrogens is 176 g/mol. The maximum Gasteiger partial charge on any atom is 0.0205 e. The first kappa shape index (κ1) is 10.9. The van der Waals surface area contributed by atoms with Crippen LogP contribution in [0.5, 0.6) is 0 Å². The molecule has 1 atom stereocenters. The average Bonchev–Trinajstić information content (AvgIpc) is 1.96. The predicted molar refractivity (Wildman–Crippen MR) is 63.2 cm³/mol. The minimum Gasteiger partial charge on any atom is -0.172 e. The second kappa shape index (κ2) is 3.53. The summed E-state index contributed by atoms with van der Waals surface area (Å²) >= 11 is 4.55. The summed E-state index contributed by atoms with van der Waals surface area (Å²) in [6.07, 6.45) is 10.2. The number of hydrogen-bond donors (Lipinski definition) is 1. The minimum atomic E-state index is 0.179. The van der Waals surface area contributed by atoms with Gasteiger partial charge < -0.3 is 0 Å². The van der Waals surface area contributed by atoms with Crippen molar-refractivity contribution in [3.05, 3.63) is 24.3 Å². The molecule has 0 bridgehead atoms. The molecule has 0 aromatic rings. The Hall–Kier alpha value is -0.170. The standard InChI is InChI=1S/C12H20S/c1-11(2)6-5-10(13)9-12(3,4)8-7-11/h5-8,10,13H,9H2,1-4H3. The van der Waals surface area contributed by atoms with E-state index < -0.39 is 0 Å². The highest BCUT2D eigenvalue weighted by molar-refractivity contribution is 7.81. The molecule has 0 nitrogen and oxygen atoms in total. The Morgan fingerprint density at radius 3 is 2.31 bits per heavy atom. The topological polar surface area (TPSA) is 0 Å². The van der Waals surface area contributed by atoms with Gasteiger partial charge in [0.25, 0.3) is 0 Å². The molecule has 0 heterocycles. The van der Waals surface area contributed by atoms with E-state index in [0.717, 1.165) is 6.42 Å². The van der Waals surface area contributed by atoms with E-state index in [4.69, 9.17) is 0 Å². The summed E-state index contributed by atoms with van der Waals surface area (Å²) in [6, 6.07) is 0. The zero-order valence-corrected chi connectivity index (χ0v) is 9.94. The van der Waals surface area contributed by atoms with E-state index in [9.17, 15) is 0 Å². The molecule has 0 aliphatic heterocycles. The monoisotopic (exact) mass is 196 g/mol. The Kier molecular flexibility index (Phi) is 2.96. The van der Waals surface area contributed by atoms with Gasteiger partial charge in [0, 0.05) is 10.7 Å². The van der Waals surface area contributed by atoms with Crippen LogP contribution in [0.15, 0.2) is 24.3 Å². The second-order valence-corrected chi connectivity index (χ2v) is 5.94. The molecule has 1 rings (SSSR count). The van der Waals surface area contributed by atoms with Crippen molar-refractivity contribution in [2.45, 2.75) is 39.4 Å². The Morgan fingerprint density at radius 1 is 1.08 bits per heavy atom. The smallest absolute Gasteiger partial charge is 0.0205 e. The quantitative estimate of drug-likeness (QED) is 0.441. The summed E-state index contributed by atoms with van der Waals surface area (Å²) in [5.74, 6) is 0. The van der Waals surface area contributed by atoms with Gasteiger partial charge in [-0.05, 0) is 11.8 Å². The fourth-order valence-corrected chi connectivity index (χ4v) is 2.09. The largest absolute Gasteiger partial charge is 0.172 e. The summed E-state index contributed by atoms with van der Waals surface area (Å²) in [6.45, 7) is 8.98. The third-order valence-corrected chi connectivity index (χ3v) is 2.80. The van der Waals surface area contributed by atoms with Crippen LogP contribution in [0, 0.1) is 10.8 Å². The van der Waals surface area contributed by atoms with E-state index in [0.29, 0.717) is 5.25 Å². The SMILES string of the molecule is CC1(C)C=CC(S)CC(C)(C)C=C1. The van der Waals surface area contributed by atoms with Gasteiger partial charge in [0.15, 0.2) is 0 Å². The lowest BCUT2D eigenvalue weighted by Crippen LogP contribution is -2.18. The highest BCUT2D eigenvalue weighted by Crippen LogP contribution is 2.33. The molecule has 0 saturated heterocycles. The van der Waals surface area contributed by atoms with Crippen molar-refractivity contribution in [2.75, 3.05) is 0 Å². The normalized spacial score (nSPS) is 31.0. The highest BCUT2D eigenvalue weighted by Gasteiger charge is 2.21. The first-order chi connectivity index (χ1) is 5.81.